The van der Waals surface area contributed by atoms with Gasteiger partial charge in [0.2, 0.25) is 0 Å². The van der Waals surface area contributed by atoms with Gasteiger partial charge in [0.1, 0.15) is 5.75 Å². The van der Waals surface area contributed by atoms with E-state index >= 15 is 0 Å². The van der Waals surface area contributed by atoms with E-state index in [4.69, 9.17) is 0 Å². The van der Waals surface area contributed by atoms with Crippen LogP contribution in [-0.4, -0.2) is 25.1 Å². The van der Waals surface area contributed by atoms with Gasteiger partial charge in [-0.15, -0.1) is 0 Å². The van der Waals surface area contributed by atoms with Gasteiger partial charge in [0.05, 0.1) is 0 Å². The Balaban J connectivity index is 2.15. The van der Waals surface area contributed by atoms with Crippen molar-refractivity contribution in [2.75, 3.05) is 16.8 Å². The number of anilines is 2. The summed E-state index contributed by atoms with van der Waals surface area (Å²) in [5.41, 5.74) is 2.43. The molecule has 2 aromatic carbocycles. The highest BCUT2D eigenvalue weighted by atomic mass is 19.3. The van der Waals surface area contributed by atoms with Crippen LogP contribution in [0.15, 0.2) is 42.5 Å². The molecule has 26 heavy (non-hydrogen) atoms. The van der Waals surface area contributed by atoms with E-state index in [1.165, 1.54) is 6.07 Å². The fourth-order valence-electron chi connectivity index (χ4n) is 2.82. The molecule has 0 saturated carbocycles. The summed E-state index contributed by atoms with van der Waals surface area (Å²) in [7, 11) is 0. The van der Waals surface area contributed by atoms with E-state index in [0.29, 0.717) is 22.9 Å². The predicted molar refractivity (Wildman–Crippen MR) is 100 cm³/mol. The lowest BCUT2D eigenvalue weighted by Gasteiger charge is -2.27. The van der Waals surface area contributed by atoms with Gasteiger partial charge in [-0.1, -0.05) is 6.07 Å². The van der Waals surface area contributed by atoms with Crippen molar-refractivity contribution in [3.8, 4) is 5.75 Å². The molecule has 0 aliphatic carbocycles. The average molecular weight is 362 g/mol. The number of nitrogens with one attached hydrogen (secondary N) is 1. The molecular weight excluding hydrogens is 338 g/mol. The number of carbonyl (C=O) groups excluding carboxylic acids is 1. The zero-order valence-corrected chi connectivity index (χ0v) is 15.4. The van der Waals surface area contributed by atoms with Gasteiger partial charge in [-0.25, -0.2) is 0 Å². The maximum absolute atomic E-state index is 12.5. The van der Waals surface area contributed by atoms with E-state index in [2.05, 4.69) is 35.7 Å². The number of halogens is 2. The molecule has 0 bridgehead atoms. The average Bonchev–Trinajstić information content (AvgIpc) is 2.59. The number of alkyl halides is 2. The Morgan fingerprint density at radius 2 is 1.81 bits per heavy atom. The first-order valence-electron chi connectivity index (χ1n) is 8.56. The smallest absolute Gasteiger partial charge is 0.387 e. The molecule has 1 N–H and O–H groups in total. The highest BCUT2D eigenvalue weighted by Crippen LogP contribution is 2.27. The van der Waals surface area contributed by atoms with Crippen molar-refractivity contribution >= 4 is 17.3 Å². The van der Waals surface area contributed by atoms with E-state index in [0.717, 1.165) is 12.2 Å². The standard InChI is InChI=1S/C20H24F2N2O2/c1-5-24(13(2)3)16-11-9-15(10-12-16)19(25)23-17-7-6-8-18(14(17)4)26-20(21)22/h6-13,20H,5H2,1-4H3,(H,23,25). The summed E-state index contributed by atoms with van der Waals surface area (Å²) < 4.78 is 29.3. The number of amides is 1. The lowest BCUT2D eigenvalue weighted by Crippen LogP contribution is -2.30. The molecule has 0 atom stereocenters. The minimum Gasteiger partial charge on any atom is -0.434 e. The predicted octanol–water partition coefficient (Wildman–Crippen LogP) is 5.08. The quantitative estimate of drug-likeness (QED) is 0.746. The molecule has 0 heterocycles. The second-order valence-corrected chi connectivity index (χ2v) is 6.19. The Bertz CT molecular complexity index is 746. The number of rotatable bonds is 7. The van der Waals surface area contributed by atoms with Gasteiger partial charge in [0, 0.05) is 35.1 Å². The molecule has 6 heteroatoms. The summed E-state index contributed by atoms with van der Waals surface area (Å²) >= 11 is 0. The molecule has 0 saturated heterocycles. The number of benzene rings is 2. The van der Waals surface area contributed by atoms with Crippen molar-refractivity contribution < 1.29 is 18.3 Å². The van der Waals surface area contributed by atoms with Crippen LogP contribution in [0, 0.1) is 6.92 Å². The molecule has 2 aromatic rings. The molecule has 0 fully saturated rings. The van der Waals surface area contributed by atoms with Crippen LogP contribution < -0.4 is 15.0 Å². The lowest BCUT2D eigenvalue weighted by atomic mass is 10.1. The first-order chi connectivity index (χ1) is 12.3. The molecule has 140 valence electrons. The highest BCUT2D eigenvalue weighted by molar-refractivity contribution is 6.05. The zero-order chi connectivity index (χ0) is 19.3. The van der Waals surface area contributed by atoms with Gasteiger partial charge in [-0.3, -0.25) is 4.79 Å². The van der Waals surface area contributed by atoms with Crippen LogP contribution in [0.4, 0.5) is 20.2 Å². The topological polar surface area (TPSA) is 41.6 Å². The van der Waals surface area contributed by atoms with Crippen molar-refractivity contribution in [1.29, 1.82) is 0 Å². The van der Waals surface area contributed by atoms with Crippen molar-refractivity contribution in [2.45, 2.75) is 40.3 Å². The third-order valence-corrected chi connectivity index (χ3v) is 4.17. The summed E-state index contributed by atoms with van der Waals surface area (Å²) in [5, 5.41) is 2.75. The third-order valence-electron chi connectivity index (χ3n) is 4.17. The Morgan fingerprint density at radius 1 is 1.15 bits per heavy atom. The molecule has 0 spiro atoms. The second-order valence-electron chi connectivity index (χ2n) is 6.19. The Hall–Kier alpha value is -2.63. The molecule has 4 nitrogen and oxygen atoms in total. The summed E-state index contributed by atoms with van der Waals surface area (Å²) in [6, 6.07) is 12.3. The van der Waals surface area contributed by atoms with Crippen LogP contribution in [-0.2, 0) is 0 Å². The molecule has 0 aromatic heterocycles. The second kappa shape index (κ2) is 8.65. The molecule has 0 unspecified atom stereocenters. The van der Waals surface area contributed by atoms with Gasteiger partial charge < -0.3 is 15.0 Å². The minimum absolute atomic E-state index is 0.0451. The summed E-state index contributed by atoms with van der Waals surface area (Å²) in [6.45, 7) is 5.90. The van der Waals surface area contributed by atoms with E-state index in [-0.39, 0.29) is 11.7 Å². The normalized spacial score (nSPS) is 10.9. The number of carbonyl (C=O) groups is 1. The van der Waals surface area contributed by atoms with Gasteiger partial charge >= 0.3 is 6.61 Å². The Labute approximate surface area is 152 Å². The van der Waals surface area contributed by atoms with Crippen LogP contribution in [0.1, 0.15) is 36.7 Å². The molecule has 2 rings (SSSR count). The summed E-state index contributed by atoms with van der Waals surface area (Å²) in [4.78, 5) is 14.7. The molecule has 0 radical (unpaired) electrons. The number of hydrogen-bond donors (Lipinski definition) is 1. The van der Waals surface area contributed by atoms with E-state index in [1.54, 1.807) is 31.2 Å². The molecule has 0 aliphatic rings. The third kappa shape index (κ3) is 4.71. The van der Waals surface area contributed by atoms with E-state index < -0.39 is 6.61 Å². The number of ether oxygens (including phenoxy) is 1. The molecule has 1 amide bonds. The van der Waals surface area contributed by atoms with Gasteiger partial charge in [-0.2, -0.15) is 8.78 Å². The van der Waals surface area contributed by atoms with Crippen molar-refractivity contribution in [3.63, 3.8) is 0 Å². The van der Waals surface area contributed by atoms with Crippen molar-refractivity contribution in [3.05, 3.63) is 53.6 Å². The molecular formula is C20H24F2N2O2. The number of nitrogens with zero attached hydrogens (tertiary/aromatic N) is 1. The fourth-order valence-corrected chi connectivity index (χ4v) is 2.82. The number of hydrogen-bond acceptors (Lipinski definition) is 3. The van der Waals surface area contributed by atoms with E-state index in [1.807, 2.05) is 12.1 Å². The van der Waals surface area contributed by atoms with Crippen LogP contribution in [0.5, 0.6) is 5.75 Å². The maximum atomic E-state index is 12.5. The summed E-state index contributed by atoms with van der Waals surface area (Å²) in [5.74, 6) is -0.259. The van der Waals surface area contributed by atoms with Crippen molar-refractivity contribution in [1.82, 2.24) is 0 Å². The Kier molecular flexibility index (Phi) is 6.55. The lowest BCUT2D eigenvalue weighted by molar-refractivity contribution is -0.0502. The Morgan fingerprint density at radius 3 is 2.35 bits per heavy atom. The highest BCUT2D eigenvalue weighted by Gasteiger charge is 2.14. The maximum Gasteiger partial charge on any atom is 0.387 e. The SMILES string of the molecule is CCN(c1ccc(C(=O)Nc2cccc(OC(F)F)c2C)cc1)C(C)C. The fraction of sp³-hybridized carbons (Fsp3) is 0.350. The minimum atomic E-state index is -2.91. The van der Waals surface area contributed by atoms with Gasteiger partial charge in [0.25, 0.3) is 5.91 Å². The monoisotopic (exact) mass is 362 g/mol. The largest absolute Gasteiger partial charge is 0.434 e. The van der Waals surface area contributed by atoms with Crippen LogP contribution >= 0.6 is 0 Å². The summed E-state index contributed by atoms with van der Waals surface area (Å²) in [6.07, 6.45) is 0. The zero-order valence-electron chi connectivity index (χ0n) is 15.4. The van der Waals surface area contributed by atoms with Gasteiger partial charge in [0.15, 0.2) is 0 Å². The first kappa shape index (κ1) is 19.7. The van der Waals surface area contributed by atoms with Crippen LogP contribution in [0.25, 0.3) is 0 Å². The van der Waals surface area contributed by atoms with Crippen LogP contribution in [0.2, 0.25) is 0 Å². The van der Waals surface area contributed by atoms with E-state index in [9.17, 15) is 13.6 Å². The van der Waals surface area contributed by atoms with Crippen molar-refractivity contribution in [2.24, 2.45) is 0 Å². The first-order valence-corrected chi connectivity index (χ1v) is 8.56. The van der Waals surface area contributed by atoms with Crippen LogP contribution in [0.3, 0.4) is 0 Å². The molecule has 0 aliphatic heterocycles. The van der Waals surface area contributed by atoms with Gasteiger partial charge in [-0.05, 0) is 64.1 Å².